The Morgan fingerprint density at radius 2 is 1.42 bits per heavy atom. The van der Waals surface area contributed by atoms with Crippen LogP contribution < -0.4 is 0 Å². The predicted octanol–water partition coefficient (Wildman–Crippen LogP) is 4.65. The van der Waals surface area contributed by atoms with Gasteiger partial charge in [0.15, 0.2) is 0 Å². The zero-order valence-electron chi connectivity index (χ0n) is 18.0. The number of nitrogens with zero attached hydrogens (tertiary/aromatic N) is 1. The van der Waals surface area contributed by atoms with E-state index in [4.69, 9.17) is 14.2 Å². The van der Waals surface area contributed by atoms with Crippen molar-refractivity contribution in [2.75, 3.05) is 26.3 Å². The van der Waals surface area contributed by atoms with Crippen molar-refractivity contribution in [1.29, 1.82) is 0 Å². The fourth-order valence-electron chi connectivity index (χ4n) is 7.93. The molecular formula is C27H31NO3. The van der Waals surface area contributed by atoms with Gasteiger partial charge in [-0.2, -0.15) is 0 Å². The Morgan fingerprint density at radius 1 is 0.742 bits per heavy atom. The van der Waals surface area contributed by atoms with Crippen molar-refractivity contribution in [3.05, 3.63) is 71.8 Å². The van der Waals surface area contributed by atoms with Gasteiger partial charge in [-0.25, -0.2) is 0 Å². The van der Waals surface area contributed by atoms with Gasteiger partial charge in [-0.1, -0.05) is 73.5 Å². The molecule has 2 aliphatic carbocycles. The Labute approximate surface area is 184 Å². The van der Waals surface area contributed by atoms with Gasteiger partial charge in [0.25, 0.3) is 0 Å². The van der Waals surface area contributed by atoms with Gasteiger partial charge in [-0.05, 0) is 24.8 Å². The Balaban J connectivity index is 1.47. The average Bonchev–Trinajstić information content (AvgIpc) is 3.19. The Morgan fingerprint density at radius 3 is 2.16 bits per heavy atom. The van der Waals surface area contributed by atoms with E-state index in [9.17, 15) is 0 Å². The van der Waals surface area contributed by atoms with Crippen molar-refractivity contribution >= 4 is 0 Å². The monoisotopic (exact) mass is 417 g/mol. The summed E-state index contributed by atoms with van der Waals surface area (Å²) in [5, 5.41) is 0. The van der Waals surface area contributed by atoms with E-state index in [0.717, 1.165) is 32.7 Å². The van der Waals surface area contributed by atoms with Gasteiger partial charge >= 0.3 is 0 Å². The topological polar surface area (TPSA) is 30.9 Å². The van der Waals surface area contributed by atoms with E-state index in [1.54, 1.807) is 0 Å². The summed E-state index contributed by atoms with van der Waals surface area (Å²) < 4.78 is 20.5. The van der Waals surface area contributed by atoms with E-state index in [-0.39, 0.29) is 11.3 Å². The molecule has 8 rings (SSSR count). The second-order valence-corrected chi connectivity index (χ2v) is 10.1. The highest BCUT2D eigenvalue weighted by Crippen LogP contribution is 2.76. The number of rotatable bonds is 3. The van der Waals surface area contributed by atoms with Gasteiger partial charge in [0.1, 0.15) is 11.3 Å². The first kappa shape index (κ1) is 18.8. The van der Waals surface area contributed by atoms with Crippen LogP contribution in [0.5, 0.6) is 0 Å². The molecule has 6 atom stereocenters. The molecule has 0 N–H and O–H groups in total. The van der Waals surface area contributed by atoms with Crippen molar-refractivity contribution in [3.63, 3.8) is 0 Å². The molecule has 2 saturated carbocycles. The molecule has 162 valence electrons. The minimum atomic E-state index is -0.645. The van der Waals surface area contributed by atoms with Gasteiger partial charge in [0.2, 0.25) is 5.79 Å². The first-order valence-electron chi connectivity index (χ1n) is 12.1. The molecule has 4 aliphatic heterocycles. The molecule has 6 fully saturated rings. The summed E-state index contributed by atoms with van der Waals surface area (Å²) in [5.41, 5.74) is 1.99. The zero-order valence-corrected chi connectivity index (χ0v) is 18.0. The second-order valence-electron chi connectivity index (χ2n) is 10.1. The van der Waals surface area contributed by atoms with Gasteiger partial charge < -0.3 is 14.2 Å². The maximum atomic E-state index is 7.39. The average molecular weight is 418 g/mol. The highest BCUT2D eigenvalue weighted by Gasteiger charge is 2.82. The molecule has 6 aliphatic rings. The molecular weight excluding hydrogens is 386 g/mol. The summed E-state index contributed by atoms with van der Waals surface area (Å²) in [5.74, 6) is 0.599. The van der Waals surface area contributed by atoms with Crippen LogP contribution in [-0.2, 0) is 25.6 Å². The molecule has 4 heterocycles. The SMILES string of the molecule is c1ccc(C23CC4C5CCCCC2C5(N2CCOCC2)OC4(c2ccccc2)O3)cc1. The van der Waals surface area contributed by atoms with E-state index in [1.165, 1.54) is 36.8 Å². The van der Waals surface area contributed by atoms with Crippen LogP contribution in [0.1, 0.15) is 43.2 Å². The molecule has 2 aromatic carbocycles. The summed E-state index contributed by atoms with van der Waals surface area (Å²) >= 11 is 0. The molecule has 4 nitrogen and oxygen atoms in total. The maximum Gasteiger partial charge on any atom is 0.201 e. The number of hydrogen-bond acceptors (Lipinski definition) is 4. The molecule has 0 spiro atoms. The van der Waals surface area contributed by atoms with Gasteiger partial charge in [0, 0.05) is 36.4 Å². The van der Waals surface area contributed by atoms with Crippen LogP contribution in [-0.4, -0.2) is 36.9 Å². The molecule has 2 aromatic rings. The lowest BCUT2D eigenvalue weighted by molar-refractivity contribution is -0.400. The van der Waals surface area contributed by atoms with Crippen LogP contribution in [0, 0.1) is 17.8 Å². The predicted molar refractivity (Wildman–Crippen MR) is 117 cm³/mol. The summed E-state index contributed by atoms with van der Waals surface area (Å²) in [6.45, 7) is 3.50. The van der Waals surface area contributed by atoms with Crippen molar-refractivity contribution in [3.8, 4) is 0 Å². The largest absolute Gasteiger partial charge is 0.379 e. The lowest BCUT2D eigenvalue weighted by atomic mass is 9.59. The fourth-order valence-corrected chi connectivity index (χ4v) is 7.93. The third-order valence-corrected chi connectivity index (χ3v) is 8.94. The molecule has 4 saturated heterocycles. The van der Waals surface area contributed by atoms with Crippen LogP contribution >= 0.6 is 0 Å². The van der Waals surface area contributed by atoms with E-state index in [1.807, 2.05) is 0 Å². The molecule has 0 radical (unpaired) electrons. The lowest BCUT2D eigenvalue weighted by Crippen LogP contribution is -2.69. The van der Waals surface area contributed by atoms with Crippen LogP contribution in [0.2, 0.25) is 0 Å². The summed E-state index contributed by atoms with van der Waals surface area (Å²) in [7, 11) is 0. The van der Waals surface area contributed by atoms with Crippen molar-refractivity contribution in [2.45, 2.75) is 49.2 Å². The molecule has 0 amide bonds. The van der Waals surface area contributed by atoms with Gasteiger partial charge in [-0.3, -0.25) is 4.90 Å². The highest BCUT2D eigenvalue weighted by atomic mass is 16.8. The third kappa shape index (κ3) is 2.29. The lowest BCUT2D eigenvalue weighted by Gasteiger charge is -2.60. The normalized spacial score (nSPS) is 43.8. The zero-order chi connectivity index (χ0) is 20.5. The van der Waals surface area contributed by atoms with Crippen LogP contribution in [0.25, 0.3) is 0 Å². The fraction of sp³-hybridized carbons (Fsp3) is 0.556. The van der Waals surface area contributed by atoms with Crippen molar-refractivity contribution in [1.82, 2.24) is 4.90 Å². The standard InChI is InChI=1S/C27H31NO3/c1-3-9-20(10-4-1)25-19-23-22-13-7-8-14-24(25)26(22,28-15-17-29-18-16-28)31-27(23,30-25)21-11-5-2-6-12-21/h1-6,9-12,22-24H,7-8,13-19H2. The van der Waals surface area contributed by atoms with Crippen molar-refractivity contribution in [2.24, 2.45) is 17.8 Å². The molecule has 0 aromatic heterocycles. The summed E-state index contributed by atoms with van der Waals surface area (Å²) in [6, 6.07) is 21.8. The highest BCUT2D eigenvalue weighted by molar-refractivity contribution is 5.37. The quantitative estimate of drug-likeness (QED) is 0.727. The Hall–Kier alpha value is -1.72. The third-order valence-electron chi connectivity index (χ3n) is 8.94. The molecule has 4 heteroatoms. The summed E-state index contributed by atoms with van der Waals surface area (Å²) in [4.78, 5) is 2.66. The van der Waals surface area contributed by atoms with E-state index >= 15 is 0 Å². The van der Waals surface area contributed by atoms with Crippen molar-refractivity contribution < 1.29 is 14.2 Å². The molecule has 31 heavy (non-hydrogen) atoms. The first-order chi connectivity index (χ1) is 15.3. The van der Waals surface area contributed by atoms with Crippen LogP contribution in [0.3, 0.4) is 0 Å². The Kier molecular flexibility index (Phi) is 4.03. The smallest absolute Gasteiger partial charge is 0.201 e. The van der Waals surface area contributed by atoms with E-state index in [0.29, 0.717) is 17.8 Å². The maximum absolute atomic E-state index is 7.39. The van der Waals surface area contributed by atoms with E-state index < -0.39 is 5.79 Å². The minimum absolute atomic E-state index is 0.257. The second kappa shape index (κ2) is 6.64. The number of morpholine rings is 1. The Bertz CT molecular complexity index is 961. The first-order valence-corrected chi connectivity index (χ1v) is 12.1. The minimum Gasteiger partial charge on any atom is -0.379 e. The van der Waals surface area contributed by atoms with Crippen LogP contribution in [0.15, 0.2) is 60.7 Å². The number of ether oxygens (including phenoxy) is 3. The van der Waals surface area contributed by atoms with Gasteiger partial charge in [0.05, 0.1) is 13.2 Å². The van der Waals surface area contributed by atoms with Gasteiger partial charge in [-0.15, -0.1) is 0 Å². The van der Waals surface area contributed by atoms with Crippen LogP contribution in [0.4, 0.5) is 0 Å². The number of hydrogen-bond donors (Lipinski definition) is 0. The molecule has 6 unspecified atom stereocenters. The van der Waals surface area contributed by atoms with E-state index in [2.05, 4.69) is 65.6 Å². The molecule has 6 bridgehead atoms. The number of benzene rings is 2. The summed E-state index contributed by atoms with van der Waals surface area (Å²) in [6.07, 6.45) is 6.03.